The number of alkyl halides is 1. The zero-order chi connectivity index (χ0) is 16.1. The van der Waals surface area contributed by atoms with Gasteiger partial charge in [0, 0.05) is 18.1 Å². The summed E-state index contributed by atoms with van der Waals surface area (Å²) < 4.78 is 16.8. The van der Waals surface area contributed by atoms with Crippen LogP contribution in [0.4, 0.5) is 4.39 Å². The number of nitrogens with two attached hydrogens (primary N) is 1. The van der Waals surface area contributed by atoms with E-state index in [4.69, 9.17) is 17.3 Å². The summed E-state index contributed by atoms with van der Waals surface area (Å²) in [6.07, 6.45) is 2.27. The fourth-order valence-electron chi connectivity index (χ4n) is 3.10. The fraction of sp³-hybridized carbons (Fsp3) is 0.467. The molecule has 1 amide bonds. The third-order valence-corrected chi connectivity index (χ3v) is 4.78. The Kier molecular flexibility index (Phi) is 3.61. The van der Waals surface area contributed by atoms with Gasteiger partial charge in [0.25, 0.3) is 5.91 Å². The van der Waals surface area contributed by atoms with Crippen LogP contribution >= 0.6 is 11.6 Å². The molecule has 3 heterocycles. The Labute approximate surface area is 132 Å². The Bertz CT molecular complexity index is 752. The summed E-state index contributed by atoms with van der Waals surface area (Å²) in [6, 6.07) is 1.03. The number of carbonyl (C=O) groups excluding carboxylic acids is 1. The van der Waals surface area contributed by atoms with E-state index in [1.807, 2.05) is 20.0 Å². The summed E-state index contributed by atoms with van der Waals surface area (Å²) in [6.45, 7) is 4.66. The highest BCUT2D eigenvalue weighted by atomic mass is 35.5. The van der Waals surface area contributed by atoms with Crippen molar-refractivity contribution in [2.75, 3.05) is 13.1 Å². The lowest BCUT2D eigenvalue weighted by Gasteiger charge is -2.28. The van der Waals surface area contributed by atoms with Gasteiger partial charge in [-0.05, 0) is 38.4 Å². The molecule has 5 nitrogen and oxygen atoms in total. The number of carbonyl (C=O) groups is 1. The van der Waals surface area contributed by atoms with E-state index in [-0.39, 0.29) is 5.69 Å². The van der Waals surface area contributed by atoms with Crippen LogP contribution in [0, 0.1) is 6.92 Å². The average molecular weight is 325 g/mol. The van der Waals surface area contributed by atoms with Gasteiger partial charge < -0.3 is 15.6 Å². The lowest BCUT2D eigenvalue weighted by atomic mass is 9.96. The van der Waals surface area contributed by atoms with Gasteiger partial charge >= 0.3 is 0 Å². The molecule has 2 atom stereocenters. The van der Waals surface area contributed by atoms with E-state index < -0.39 is 17.6 Å². The molecular formula is C15H18ClFN4O. The topological polar surface area (TPSA) is 72.9 Å². The van der Waals surface area contributed by atoms with Gasteiger partial charge in [0.05, 0.1) is 11.1 Å². The van der Waals surface area contributed by atoms with E-state index in [9.17, 15) is 4.79 Å². The van der Waals surface area contributed by atoms with Crippen LogP contribution in [0.3, 0.4) is 0 Å². The van der Waals surface area contributed by atoms with Crippen molar-refractivity contribution in [3.8, 4) is 0 Å². The number of nitrogens with one attached hydrogen (secondary N) is 1. The number of amides is 1. The van der Waals surface area contributed by atoms with Gasteiger partial charge in [-0.1, -0.05) is 11.6 Å². The largest absolute Gasteiger partial charge is 0.364 e. The second-order valence-corrected chi connectivity index (χ2v) is 6.32. The third-order valence-electron chi connectivity index (χ3n) is 4.48. The molecule has 0 unspecified atom stereocenters. The number of nitrogens with zero attached hydrogens (tertiary/aromatic N) is 2. The highest BCUT2D eigenvalue weighted by Gasteiger charge is 2.41. The smallest absolute Gasteiger partial charge is 0.267 e. The molecule has 7 heteroatoms. The molecule has 3 rings (SSSR count). The number of fused-ring (bicyclic) bond motifs is 1. The molecule has 3 N–H and O–H groups in total. The number of aryl methyl sites for hydroxylation is 1. The zero-order valence-electron chi connectivity index (χ0n) is 12.5. The molecule has 0 aromatic carbocycles. The number of hydrogen-bond donors (Lipinski definition) is 2. The lowest BCUT2D eigenvalue weighted by molar-refractivity contribution is 0.0995. The Morgan fingerprint density at radius 2 is 2.36 bits per heavy atom. The van der Waals surface area contributed by atoms with Gasteiger partial charge in [-0.2, -0.15) is 0 Å². The number of hydrogen-bond acceptors (Lipinski definition) is 3. The summed E-state index contributed by atoms with van der Waals surface area (Å²) in [5, 5.41) is 4.18. The van der Waals surface area contributed by atoms with Gasteiger partial charge in [0.15, 0.2) is 0 Å². The van der Waals surface area contributed by atoms with E-state index in [0.29, 0.717) is 30.2 Å². The van der Waals surface area contributed by atoms with E-state index in [2.05, 4.69) is 10.3 Å². The molecule has 0 spiro atoms. The molecule has 1 aliphatic heterocycles. The highest BCUT2D eigenvalue weighted by Crippen LogP contribution is 2.37. The summed E-state index contributed by atoms with van der Waals surface area (Å²) >= 11 is 6.26. The first-order valence-electron chi connectivity index (χ1n) is 7.20. The van der Waals surface area contributed by atoms with Gasteiger partial charge in [-0.3, -0.25) is 4.79 Å². The number of primary amides is 1. The van der Waals surface area contributed by atoms with Crippen molar-refractivity contribution in [1.82, 2.24) is 14.9 Å². The first-order chi connectivity index (χ1) is 10.3. The van der Waals surface area contributed by atoms with Crippen LogP contribution in [0.25, 0.3) is 11.0 Å². The lowest BCUT2D eigenvalue weighted by Crippen LogP contribution is -2.35. The monoisotopic (exact) mass is 324 g/mol. The quantitative estimate of drug-likeness (QED) is 0.910. The normalized spacial score (nSPS) is 23.1. The third kappa shape index (κ3) is 2.27. The van der Waals surface area contributed by atoms with E-state index in [1.165, 1.54) is 6.07 Å². The Hall–Kier alpha value is -1.66. The van der Waals surface area contributed by atoms with Crippen LogP contribution in [0.5, 0.6) is 0 Å². The highest BCUT2D eigenvalue weighted by molar-refractivity contribution is 6.35. The summed E-state index contributed by atoms with van der Waals surface area (Å²) in [5.41, 5.74) is 5.42. The molecular weight excluding hydrogens is 307 g/mol. The van der Waals surface area contributed by atoms with Crippen LogP contribution in [0.1, 0.15) is 35.4 Å². The number of rotatable bonds is 3. The molecule has 0 saturated carbocycles. The van der Waals surface area contributed by atoms with Gasteiger partial charge in [0.2, 0.25) is 0 Å². The molecule has 118 valence electrons. The molecule has 1 aliphatic rings. The van der Waals surface area contributed by atoms with Crippen LogP contribution in [0.15, 0.2) is 12.3 Å². The Morgan fingerprint density at radius 1 is 1.64 bits per heavy atom. The number of aromatic nitrogens is 2. The summed E-state index contributed by atoms with van der Waals surface area (Å²) in [7, 11) is 0. The predicted molar refractivity (Wildman–Crippen MR) is 84.0 cm³/mol. The fourth-order valence-corrected chi connectivity index (χ4v) is 3.43. The maximum absolute atomic E-state index is 15.1. The van der Waals surface area contributed by atoms with Gasteiger partial charge in [-0.25, -0.2) is 9.37 Å². The van der Waals surface area contributed by atoms with Crippen molar-refractivity contribution in [2.45, 2.75) is 32.0 Å². The van der Waals surface area contributed by atoms with Crippen molar-refractivity contribution >= 4 is 28.5 Å². The number of halogens is 2. The second kappa shape index (κ2) is 5.21. The van der Waals surface area contributed by atoms with Crippen molar-refractivity contribution in [2.24, 2.45) is 5.73 Å². The molecule has 1 fully saturated rings. The van der Waals surface area contributed by atoms with Crippen molar-refractivity contribution in [3.63, 3.8) is 0 Å². The molecule has 1 saturated heterocycles. The van der Waals surface area contributed by atoms with Crippen LogP contribution in [-0.4, -0.2) is 34.2 Å². The van der Waals surface area contributed by atoms with Gasteiger partial charge in [0.1, 0.15) is 17.0 Å². The van der Waals surface area contributed by atoms with E-state index in [0.717, 1.165) is 10.9 Å². The Balaban J connectivity index is 2.19. The van der Waals surface area contributed by atoms with Crippen molar-refractivity contribution < 1.29 is 9.18 Å². The van der Waals surface area contributed by atoms with E-state index >= 15 is 4.39 Å². The Morgan fingerprint density at radius 3 is 2.95 bits per heavy atom. The van der Waals surface area contributed by atoms with Crippen molar-refractivity contribution in [3.05, 3.63) is 28.5 Å². The minimum absolute atomic E-state index is 0.0847. The molecule has 0 radical (unpaired) electrons. The minimum Gasteiger partial charge on any atom is -0.364 e. The standard InChI is InChI=1S/C15H18ClFN4O/c1-8-6-21(9(2)15(17)3-4-19-7-15)14-12(8)10(16)5-11(20-14)13(18)22/h5-6,9,19H,3-4,7H2,1-2H3,(H2,18,22)/t9-,15+/m1/s1. The van der Waals surface area contributed by atoms with E-state index in [1.54, 1.807) is 4.57 Å². The van der Waals surface area contributed by atoms with Crippen molar-refractivity contribution in [1.29, 1.82) is 0 Å². The van der Waals surface area contributed by atoms with Crippen LogP contribution < -0.4 is 11.1 Å². The van der Waals surface area contributed by atoms with Crippen LogP contribution in [-0.2, 0) is 0 Å². The maximum Gasteiger partial charge on any atom is 0.267 e. The summed E-state index contributed by atoms with van der Waals surface area (Å²) in [4.78, 5) is 15.7. The van der Waals surface area contributed by atoms with Crippen LogP contribution in [0.2, 0.25) is 5.02 Å². The molecule has 0 bridgehead atoms. The molecule has 0 aliphatic carbocycles. The first kappa shape index (κ1) is 15.2. The molecule has 2 aromatic heterocycles. The first-order valence-corrected chi connectivity index (χ1v) is 7.58. The molecule has 22 heavy (non-hydrogen) atoms. The molecule has 2 aromatic rings. The average Bonchev–Trinajstić information content (AvgIpc) is 3.03. The zero-order valence-corrected chi connectivity index (χ0v) is 13.2. The van der Waals surface area contributed by atoms with Gasteiger partial charge in [-0.15, -0.1) is 0 Å². The minimum atomic E-state index is -1.35. The number of pyridine rings is 1. The SMILES string of the molecule is Cc1cn([C@H](C)[C@]2(F)CCNC2)c2nc(C(N)=O)cc(Cl)c12. The second-order valence-electron chi connectivity index (χ2n) is 5.91. The predicted octanol–water partition coefficient (Wildman–Crippen LogP) is 2.36. The summed E-state index contributed by atoms with van der Waals surface area (Å²) in [5.74, 6) is -0.653. The maximum atomic E-state index is 15.1.